The lowest BCUT2D eigenvalue weighted by atomic mass is 10.0. The predicted molar refractivity (Wildman–Crippen MR) is 156 cm³/mol. The molecule has 0 saturated heterocycles. The molecule has 4 nitrogen and oxygen atoms in total. The molecule has 196 valence electrons. The van der Waals surface area contributed by atoms with Crippen molar-refractivity contribution in [3.05, 3.63) is 105 Å². The predicted octanol–water partition coefficient (Wildman–Crippen LogP) is 7.09. The van der Waals surface area contributed by atoms with Gasteiger partial charge in [-0.25, -0.2) is 0 Å². The molecule has 0 saturated carbocycles. The Bertz CT molecular complexity index is 1170. The SMILES string of the molecule is CCCCNC(=O)C(Cc1ccccc1)N(Cc1ccccc1C)C(=O)CSCc1ccc(Cl)cc1Cl. The second-order valence-electron chi connectivity index (χ2n) is 9.03. The number of halogens is 2. The summed E-state index contributed by atoms with van der Waals surface area (Å²) in [6, 6.07) is 22.6. The van der Waals surface area contributed by atoms with E-state index in [0.29, 0.717) is 35.3 Å². The standard InChI is InChI=1S/C30H34Cl2N2O2S/c1-3-4-16-33-30(36)28(17-23-11-6-5-7-12-23)34(19-24-13-9-8-10-22(24)2)29(35)21-37-20-25-14-15-26(31)18-27(25)32/h5-15,18,28H,3-4,16-17,19-21H2,1-2H3,(H,33,36). The van der Waals surface area contributed by atoms with Crippen LogP contribution in [0.4, 0.5) is 0 Å². The largest absolute Gasteiger partial charge is 0.354 e. The summed E-state index contributed by atoms with van der Waals surface area (Å²) in [4.78, 5) is 28.9. The van der Waals surface area contributed by atoms with E-state index in [4.69, 9.17) is 23.2 Å². The van der Waals surface area contributed by atoms with Gasteiger partial charge in [-0.05, 0) is 47.7 Å². The van der Waals surface area contributed by atoms with E-state index < -0.39 is 6.04 Å². The lowest BCUT2D eigenvalue weighted by Crippen LogP contribution is -2.51. The zero-order chi connectivity index (χ0) is 26.6. The topological polar surface area (TPSA) is 49.4 Å². The second kappa shape index (κ2) is 15.1. The Kier molecular flexibility index (Phi) is 11.8. The Hall–Kier alpha value is -2.47. The van der Waals surface area contributed by atoms with Gasteiger partial charge in [-0.3, -0.25) is 9.59 Å². The molecule has 0 aromatic heterocycles. The summed E-state index contributed by atoms with van der Waals surface area (Å²) in [5, 5.41) is 4.23. The van der Waals surface area contributed by atoms with Crippen molar-refractivity contribution in [2.75, 3.05) is 12.3 Å². The van der Waals surface area contributed by atoms with Crippen LogP contribution in [0.15, 0.2) is 72.8 Å². The maximum Gasteiger partial charge on any atom is 0.243 e. The Morgan fingerprint density at radius 2 is 1.70 bits per heavy atom. The number of aryl methyl sites for hydroxylation is 1. The number of carbonyl (C=O) groups excluding carboxylic acids is 2. The third-order valence-corrected chi connectivity index (χ3v) is 7.75. The van der Waals surface area contributed by atoms with Crippen LogP contribution in [0.1, 0.15) is 42.0 Å². The Morgan fingerprint density at radius 3 is 2.41 bits per heavy atom. The number of hydrogen-bond acceptors (Lipinski definition) is 3. The Labute approximate surface area is 234 Å². The van der Waals surface area contributed by atoms with E-state index >= 15 is 0 Å². The fraction of sp³-hybridized carbons (Fsp3) is 0.333. The van der Waals surface area contributed by atoms with Crippen LogP contribution in [0.5, 0.6) is 0 Å². The van der Waals surface area contributed by atoms with Crippen LogP contribution in [0.3, 0.4) is 0 Å². The maximum absolute atomic E-state index is 13.7. The van der Waals surface area contributed by atoms with Crippen LogP contribution < -0.4 is 5.32 Å². The molecule has 0 aliphatic carbocycles. The molecule has 0 aliphatic heterocycles. The fourth-order valence-corrected chi connectivity index (χ4v) is 5.47. The average Bonchev–Trinajstić information content (AvgIpc) is 2.89. The van der Waals surface area contributed by atoms with E-state index in [-0.39, 0.29) is 17.6 Å². The first-order valence-corrected chi connectivity index (χ1v) is 14.5. The normalized spacial score (nSPS) is 11.7. The molecule has 0 aliphatic rings. The zero-order valence-corrected chi connectivity index (χ0v) is 23.7. The van der Waals surface area contributed by atoms with Crippen LogP contribution in [-0.4, -0.2) is 35.1 Å². The minimum absolute atomic E-state index is 0.0788. The number of benzene rings is 3. The third kappa shape index (κ3) is 9.10. The molecule has 1 N–H and O–H groups in total. The molecule has 37 heavy (non-hydrogen) atoms. The van der Waals surface area contributed by atoms with E-state index in [1.807, 2.05) is 67.6 Å². The van der Waals surface area contributed by atoms with Crippen LogP contribution >= 0.6 is 35.0 Å². The average molecular weight is 558 g/mol. The van der Waals surface area contributed by atoms with Crippen molar-refractivity contribution in [2.45, 2.75) is 51.4 Å². The van der Waals surface area contributed by atoms with Crippen LogP contribution in [0.25, 0.3) is 0 Å². The summed E-state index contributed by atoms with van der Waals surface area (Å²) in [6.45, 7) is 5.08. The second-order valence-corrected chi connectivity index (χ2v) is 10.9. The first kappa shape index (κ1) is 29.1. The van der Waals surface area contributed by atoms with E-state index in [9.17, 15) is 9.59 Å². The van der Waals surface area contributed by atoms with Gasteiger partial charge >= 0.3 is 0 Å². The molecular formula is C30H34Cl2N2O2S. The van der Waals surface area contributed by atoms with Crippen LogP contribution in [-0.2, 0) is 28.3 Å². The lowest BCUT2D eigenvalue weighted by Gasteiger charge is -2.32. The number of carbonyl (C=O) groups is 2. The summed E-state index contributed by atoms with van der Waals surface area (Å²) in [7, 11) is 0. The number of nitrogens with zero attached hydrogens (tertiary/aromatic N) is 1. The molecule has 7 heteroatoms. The molecule has 2 amide bonds. The molecule has 0 bridgehead atoms. The van der Waals surface area contributed by atoms with E-state index in [2.05, 4.69) is 12.2 Å². The monoisotopic (exact) mass is 556 g/mol. The molecule has 0 heterocycles. The van der Waals surface area contributed by atoms with Gasteiger partial charge in [-0.2, -0.15) is 0 Å². The minimum Gasteiger partial charge on any atom is -0.354 e. The smallest absolute Gasteiger partial charge is 0.243 e. The highest BCUT2D eigenvalue weighted by molar-refractivity contribution is 7.99. The Morgan fingerprint density at radius 1 is 0.973 bits per heavy atom. The number of rotatable bonds is 13. The molecule has 3 aromatic rings. The van der Waals surface area contributed by atoms with E-state index in [0.717, 1.165) is 35.1 Å². The van der Waals surface area contributed by atoms with Gasteiger partial charge in [-0.15, -0.1) is 11.8 Å². The quantitative estimate of drug-likeness (QED) is 0.228. The minimum atomic E-state index is -0.619. The highest BCUT2D eigenvalue weighted by atomic mass is 35.5. The van der Waals surface area contributed by atoms with Crippen molar-refractivity contribution >= 4 is 46.8 Å². The summed E-state index contributed by atoms with van der Waals surface area (Å²) in [6.07, 6.45) is 2.33. The van der Waals surface area contributed by atoms with Crippen molar-refractivity contribution in [1.29, 1.82) is 0 Å². The molecule has 0 spiro atoms. The molecule has 0 fully saturated rings. The van der Waals surface area contributed by atoms with Gasteiger partial charge in [0.25, 0.3) is 0 Å². The molecule has 1 atom stereocenters. The van der Waals surface area contributed by atoms with Gasteiger partial charge in [0.2, 0.25) is 11.8 Å². The van der Waals surface area contributed by atoms with Crippen molar-refractivity contribution in [2.24, 2.45) is 0 Å². The van der Waals surface area contributed by atoms with Crippen molar-refractivity contribution in [1.82, 2.24) is 10.2 Å². The molecule has 3 aromatic carbocycles. The van der Waals surface area contributed by atoms with Gasteiger partial charge in [0.1, 0.15) is 6.04 Å². The van der Waals surface area contributed by atoms with Gasteiger partial charge in [0.05, 0.1) is 5.75 Å². The fourth-order valence-electron chi connectivity index (χ4n) is 4.00. The number of nitrogens with one attached hydrogen (secondary N) is 1. The highest BCUT2D eigenvalue weighted by Crippen LogP contribution is 2.25. The number of unbranched alkanes of at least 4 members (excludes halogenated alkanes) is 1. The number of thioether (sulfide) groups is 1. The molecule has 1 unspecified atom stereocenters. The van der Waals surface area contributed by atoms with Crippen LogP contribution in [0.2, 0.25) is 10.0 Å². The molecule has 0 radical (unpaired) electrons. The van der Waals surface area contributed by atoms with E-state index in [1.165, 1.54) is 11.8 Å². The maximum atomic E-state index is 13.7. The summed E-state index contributed by atoms with van der Waals surface area (Å²) < 4.78 is 0. The van der Waals surface area contributed by atoms with Crippen LogP contribution in [0, 0.1) is 6.92 Å². The van der Waals surface area contributed by atoms with E-state index in [1.54, 1.807) is 17.0 Å². The van der Waals surface area contributed by atoms with Crippen molar-refractivity contribution in [3.8, 4) is 0 Å². The number of amides is 2. The Balaban J connectivity index is 1.84. The first-order valence-electron chi connectivity index (χ1n) is 12.6. The first-order chi connectivity index (χ1) is 17.9. The molecular weight excluding hydrogens is 523 g/mol. The van der Waals surface area contributed by atoms with Gasteiger partial charge in [0.15, 0.2) is 0 Å². The summed E-state index contributed by atoms with van der Waals surface area (Å²) >= 11 is 13.8. The summed E-state index contributed by atoms with van der Waals surface area (Å²) in [5.41, 5.74) is 4.06. The molecule has 3 rings (SSSR count). The van der Waals surface area contributed by atoms with Gasteiger partial charge in [0, 0.05) is 35.3 Å². The third-order valence-electron chi connectivity index (χ3n) is 6.20. The zero-order valence-electron chi connectivity index (χ0n) is 21.4. The van der Waals surface area contributed by atoms with Gasteiger partial charge < -0.3 is 10.2 Å². The highest BCUT2D eigenvalue weighted by Gasteiger charge is 2.30. The van der Waals surface area contributed by atoms with Crippen molar-refractivity contribution in [3.63, 3.8) is 0 Å². The summed E-state index contributed by atoms with van der Waals surface area (Å²) in [5.74, 6) is 0.611. The van der Waals surface area contributed by atoms with Gasteiger partial charge in [-0.1, -0.05) is 97.2 Å². The lowest BCUT2D eigenvalue weighted by molar-refractivity contribution is -0.139. The van der Waals surface area contributed by atoms with Crippen molar-refractivity contribution < 1.29 is 9.59 Å². The number of hydrogen-bond donors (Lipinski definition) is 1.